The first-order chi connectivity index (χ1) is 8.11. The number of hydrogen-bond acceptors (Lipinski definition) is 4. The molecule has 0 N–H and O–H groups in total. The molecule has 1 aromatic heterocycles. The average Bonchev–Trinajstić information content (AvgIpc) is 2.74. The summed E-state index contributed by atoms with van der Waals surface area (Å²) in [5, 5.41) is 0.756. The Labute approximate surface area is 103 Å². The van der Waals surface area contributed by atoms with E-state index in [1.807, 2.05) is 19.0 Å². The molecule has 0 radical (unpaired) electrons. The Kier molecular flexibility index (Phi) is 3.19. The molecule has 0 saturated heterocycles. The molecule has 0 aliphatic carbocycles. The second-order valence-corrected chi connectivity index (χ2v) is 4.74. The van der Waals surface area contributed by atoms with Gasteiger partial charge in [0.15, 0.2) is 11.4 Å². The number of nitrogens with zero attached hydrogens (tertiary/aromatic N) is 2. The van der Waals surface area contributed by atoms with Gasteiger partial charge in [0.1, 0.15) is 5.82 Å². The predicted octanol–water partition coefficient (Wildman–Crippen LogP) is 2.83. The largest absolute Gasteiger partial charge is 0.354 e. The van der Waals surface area contributed by atoms with Crippen LogP contribution in [0.2, 0.25) is 0 Å². The highest BCUT2D eigenvalue weighted by Gasteiger charge is 2.13. The Bertz CT molecular complexity index is 534. The van der Waals surface area contributed by atoms with Crippen LogP contribution in [0.3, 0.4) is 0 Å². The van der Waals surface area contributed by atoms with Gasteiger partial charge in [-0.1, -0.05) is 11.3 Å². The van der Waals surface area contributed by atoms with Crippen LogP contribution in [0.4, 0.5) is 9.52 Å². The third-order valence-electron chi connectivity index (χ3n) is 2.25. The molecule has 1 heterocycles. The number of rotatable bonds is 3. The van der Waals surface area contributed by atoms with Gasteiger partial charge in [-0.3, -0.25) is 4.79 Å². The van der Waals surface area contributed by atoms with Gasteiger partial charge in [0, 0.05) is 19.7 Å². The van der Waals surface area contributed by atoms with Gasteiger partial charge in [0.25, 0.3) is 0 Å². The van der Waals surface area contributed by atoms with Crippen molar-refractivity contribution in [2.24, 2.45) is 0 Å². The fourth-order valence-electron chi connectivity index (χ4n) is 1.41. The van der Waals surface area contributed by atoms with E-state index in [4.69, 9.17) is 0 Å². The summed E-state index contributed by atoms with van der Waals surface area (Å²) in [5.74, 6) is -0.301. The third kappa shape index (κ3) is 2.34. The van der Waals surface area contributed by atoms with Crippen molar-refractivity contribution in [1.82, 2.24) is 4.98 Å². The number of thiazole rings is 1. The number of aromatic nitrogens is 1. The van der Waals surface area contributed by atoms with Crippen molar-refractivity contribution in [2.75, 3.05) is 19.0 Å². The number of anilines is 1. The Hall–Kier alpha value is -1.75. The standard InChI is InChI=1S/C12H11FN2OS/c1-15(2)12-14-11(10(7-16)17-12)8-3-5-9(13)6-4-8/h3-7H,1-2H3. The zero-order chi connectivity index (χ0) is 12.4. The normalized spacial score (nSPS) is 10.3. The zero-order valence-electron chi connectivity index (χ0n) is 9.48. The fourth-order valence-corrected chi connectivity index (χ4v) is 2.23. The van der Waals surface area contributed by atoms with Crippen molar-refractivity contribution < 1.29 is 9.18 Å². The molecule has 0 saturated carbocycles. The summed E-state index contributed by atoms with van der Waals surface area (Å²) in [6.45, 7) is 0. The summed E-state index contributed by atoms with van der Waals surface area (Å²) < 4.78 is 12.8. The molecule has 0 amide bonds. The van der Waals surface area contributed by atoms with Crippen LogP contribution in [-0.4, -0.2) is 25.4 Å². The lowest BCUT2D eigenvalue weighted by molar-refractivity contribution is 0.112. The summed E-state index contributed by atoms with van der Waals surface area (Å²) in [6, 6.07) is 5.96. The highest BCUT2D eigenvalue weighted by Crippen LogP contribution is 2.31. The third-order valence-corrected chi connectivity index (χ3v) is 3.40. The molecule has 0 unspecified atom stereocenters. The number of carbonyl (C=O) groups excluding carboxylic acids is 1. The molecule has 1 aromatic carbocycles. The summed E-state index contributed by atoms with van der Waals surface area (Å²) >= 11 is 1.32. The van der Waals surface area contributed by atoms with E-state index in [9.17, 15) is 9.18 Å². The van der Waals surface area contributed by atoms with E-state index >= 15 is 0 Å². The van der Waals surface area contributed by atoms with E-state index in [0.717, 1.165) is 17.0 Å². The van der Waals surface area contributed by atoms with E-state index in [1.54, 1.807) is 12.1 Å². The Morgan fingerprint density at radius 1 is 1.29 bits per heavy atom. The fraction of sp³-hybridized carbons (Fsp3) is 0.167. The number of aldehydes is 1. The highest BCUT2D eigenvalue weighted by atomic mass is 32.1. The maximum Gasteiger partial charge on any atom is 0.186 e. The van der Waals surface area contributed by atoms with Crippen molar-refractivity contribution in [1.29, 1.82) is 0 Å². The van der Waals surface area contributed by atoms with Gasteiger partial charge in [-0.15, -0.1) is 0 Å². The molecule has 0 fully saturated rings. The summed E-state index contributed by atoms with van der Waals surface area (Å²) in [6.07, 6.45) is 0.781. The number of halogens is 1. The maximum atomic E-state index is 12.8. The van der Waals surface area contributed by atoms with E-state index in [1.165, 1.54) is 23.5 Å². The Morgan fingerprint density at radius 3 is 2.47 bits per heavy atom. The molecule has 88 valence electrons. The Morgan fingerprint density at radius 2 is 1.94 bits per heavy atom. The number of carbonyl (C=O) groups is 1. The minimum absolute atomic E-state index is 0.301. The topological polar surface area (TPSA) is 33.2 Å². The molecule has 0 spiro atoms. The Balaban J connectivity index is 2.50. The minimum Gasteiger partial charge on any atom is -0.354 e. The SMILES string of the molecule is CN(C)c1nc(-c2ccc(F)cc2)c(C=O)s1. The molecule has 0 bridgehead atoms. The molecule has 3 nitrogen and oxygen atoms in total. The van der Waals surface area contributed by atoms with E-state index in [2.05, 4.69) is 4.98 Å². The first-order valence-electron chi connectivity index (χ1n) is 5.01. The van der Waals surface area contributed by atoms with Crippen molar-refractivity contribution in [3.8, 4) is 11.3 Å². The van der Waals surface area contributed by atoms with Crippen LogP contribution in [0.5, 0.6) is 0 Å². The summed E-state index contributed by atoms with van der Waals surface area (Å²) in [5.41, 5.74) is 1.35. The van der Waals surface area contributed by atoms with Crippen LogP contribution in [0.25, 0.3) is 11.3 Å². The van der Waals surface area contributed by atoms with E-state index < -0.39 is 0 Å². The second-order valence-electron chi connectivity index (χ2n) is 3.73. The molecule has 0 atom stereocenters. The molecule has 0 aliphatic rings. The van der Waals surface area contributed by atoms with Gasteiger partial charge in [-0.05, 0) is 24.3 Å². The minimum atomic E-state index is -0.301. The molecule has 2 aromatic rings. The van der Waals surface area contributed by atoms with Crippen LogP contribution in [0, 0.1) is 5.82 Å². The monoisotopic (exact) mass is 250 g/mol. The van der Waals surface area contributed by atoms with Crippen LogP contribution in [0.15, 0.2) is 24.3 Å². The maximum absolute atomic E-state index is 12.8. The van der Waals surface area contributed by atoms with Crippen molar-refractivity contribution in [3.05, 3.63) is 35.0 Å². The van der Waals surface area contributed by atoms with Gasteiger partial charge in [0.2, 0.25) is 0 Å². The predicted molar refractivity (Wildman–Crippen MR) is 67.2 cm³/mol. The van der Waals surface area contributed by atoms with Gasteiger partial charge < -0.3 is 4.90 Å². The quantitative estimate of drug-likeness (QED) is 0.785. The summed E-state index contributed by atoms with van der Waals surface area (Å²) in [7, 11) is 3.73. The average molecular weight is 250 g/mol. The number of hydrogen-bond donors (Lipinski definition) is 0. The van der Waals surface area contributed by atoms with Crippen molar-refractivity contribution in [2.45, 2.75) is 0 Å². The van der Waals surface area contributed by atoms with Crippen molar-refractivity contribution in [3.63, 3.8) is 0 Å². The number of benzene rings is 1. The van der Waals surface area contributed by atoms with Gasteiger partial charge in [-0.25, -0.2) is 9.37 Å². The smallest absolute Gasteiger partial charge is 0.186 e. The van der Waals surface area contributed by atoms with E-state index in [-0.39, 0.29) is 5.82 Å². The second kappa shape index (κ2) is 4.63. The van der Waals surface area contributed by atoms with Crippen molar-refractivity contribution >= 4 is 22.8 Å². The van der Waals surface area contributed by atoms with Gasteiger partial charge >= 0.3 is 0 Å². The van der Waals surface area contributed by atoms with Crippen LogP contribution in [-0.2, 0) is 0 Å². The first kappa shape index (κ1) is 11.7. The molecule has 17 heavy (non-hydrogen) atoms. The molecule has 0 aliphatic heterocycles. The van der Waals surface area contributed by atoms with Crippen LogP contribution < -0.4 is 4.90 Å². The molecule has 5 heteroatoms. The van der Waals surface area contributed by atoms with Gasteiger partial charge in [0.05, 0.1) is 10.6 Å². The lowest BCUT2D eigenvalue weighted by atomic mass is 10.1. The highest BCUT2D eigenvalue weighted by molar-refractivity contribution is 7.17. The first-order valence-corrected chi connectivity index (χ1v) is 5.82. The van der Waals surface area contributed by atoms with E-state index in [0.29, 0.717) is 10.6 Å². The summed E-state index contributed by atoms with van der Waals surface area (Å²) in [4.78, 5) is 17.7. The lowest BCUT2D eigenvalue weighted by Crippen LogP contribution is -2.07. The van der Waals surface area contributed by atoms with Crippen LogP contribution >= 0.6 is 11.3 Å². The van der Waals surface area contributed by atoms with Crippen LogP contribution in [0.1, 0.15) is 9.67 Å². The van der Waals surface area contributed by atoms with Gasteiger partial charge in [-0.2, -0.15) is 0 Å². The zero-order valence-corrected chi connectivity index (χ0v) is 10.3. The molecular weight excluding hydrogens is 239 g/mol. The molecule has 2 rings (SSSR count). The molecular formula is C12H11FN2OS. The lowest BCUT2D eigenvalue weighted by Gasteiger charge is -2.05.